The van der Waals surface area contributed by atoms with E-state index in [2.05, 4.69) is 15.3 Å². The maximum atomic E-state index is 11.2. The molecule has 12 heavy (non-hydrogen) atoms. The van der Waals surface area contributed by atoms with E-state index in [1.807, 2.05) is 0 Å². The fraction of sp³-hybridized carbons (Fsp3) is 0.400. The number of nitrogens with one attached hydrogen (secondary N) is 1. The highest BCUT2D eigenvalue weighted by molar-refractivity contribution is 8.02. The first-order valence-corrected chi connectivity index (χ1v) is 4.25. The highest BCUT2D eigenvalue weighted by atomic mass is 32.2. The van der Waals surface area contributed by atoms with E-state index in [-0.39, 0.29) is 17.1 Å². The number of amides is 1. The summed E-state index contributed by atoms with van der Waals surface area (Å²) in [7, 11) is 0. The van der Waals surface area contributed by atoms with Gasteiger partial charge in [-0.05, 0) is 0 Å². The van der Waals surface area contributed by atoms with Gasteiger partial charge in [-0.3, -0.25) is 10.1 Å². The van der Waals surface area contributed by atoms with Gasteiger partial charge < -0.3 is 11.5 Å². The largest absolute Gasteiger partial charge is 0.369 e. The summed E-state index contributed by atoms with van der Waals surface area (Å²) in [4.78, 5) is 19.0. The van der Waals surface area contributed by atoms with Crippen molar-refractivity contribution in [2.45, 2.75) is 10.7 Å². The predicted molar refractivity (Wildman–Crippen MR) is 46.6 cm³/mol. The summed E-state index contributed by atoms with van der Waals surface area (Å²) in [6.07, 6.45) is 0. The topological polar surface area (TPSA) is 106 Å². The van der Waals surface area contributed by atoms with Gasteiger partial charge in [-0.2, -0.15) is 4.99 Å². The first-order chi connectivity index (χ1) is 5.66. The minimum Gasteiger partial charge on any atom is -0.369 e. The molecule has 0 saturated carbocycles. The maximum Gasteiger partial charge on any atom is 0.247 e. The van der Waals surface area contributed by atoms with Gasteiger partial charge in [-0.1, -0.05) is 11.8 Å². The van der Waals surface area contributed by atoms with Crippen LogP contribution in [-0.2, 0) is 4.79 Å². The van der Waals surface area contributed by atoms with Crippen molar-refractivity contribution < 1.29 is 4.79 Å². The molecule has 0 radical (unpaired) electrons. The fourth-order valence-electron chi connectivity index (χ4n) is 1.04. The first-order valence-electron chi connectivity index (χ1n) is 3.30. The average Bonchev–Trinajstić information content (AvgIpc) is 2.29. The molecule has 0 fully saturated rings. The van der Waals surface area contributed by atoms with Crippen LogP contribution in [-0.4, -0.2) is 28.5 Å². The molecule has 0 aromatic rings. The Hall–Kier alpha value is -1.08. The second kappa shape index (κ2) is 2.46. The number of thioether (sulfide) groups is 1. The van der Waals surface area contributed by atoms with Crippen molar-refractivity contribution in [3.05, 3.63) is 0 Å². The van der Waals surface area contributed by atoms with E-state index in [0.717, 1.165) is 0 Å². The maximum absolute atomic E-state index is 11.2. The number of nitrogens with two attached hydrogens (primary N) is 2. The van der Waals surface area contributed by atoms with E-state index in [1.165, 1.54) is 11.8 Å². The molecule has 2 rings (SSSR count). The summed E-state index contributed by atoms with van der Waals surface area (Å²) >= 11 is 1.26. The number of carbonyl (C=O) groups excluding carboxylic acids is 1. The number of rotatable bonds is 0. The van der Waals surface area contributed by atoms with Crippen molar-refractivity contribution in [2.24, 2.45) is 21.5 Å². The molecule has 0 aliphatic carbocycles. The van der Waals surface area contributed by atoms with Crippen molar-refractivity contribution in [1.82, 2.24) is 5.32 Å². The van der Waals surface area contributed by atoms with Crippen LogP contribution in [0, 0.1) is 0 Å². The lowest BCUT2D eigenvalue weighted by Gasteiger charge is -2.14. The van der Waals surface area contributed by atoms with Crippen molar-refractivity contribution in [2.75, 3.05) is 0 Å². The molecule has 0 saturated heterocycles. The zero-order valence-corrected chi connectivity index (χ0v) is 6.84. The third-order valence-electron chi connectivity index (χ3n) is 1.49. The van der Waals surface area contributed by atoms with Crippen molar-refractivity contribution in [3.8, 4) is 0 Å². The number of carbonyl (C=O) groups is 1. The third-order valence-corrected chi connectivity index (χ3v) is 2.58. The Morgan fingerprint density at radius 2 is 2.33 bits per heavy atom. The monoisotopic (exact) mass is 185 g/mol. The molecule has 5 N–H and O–H groups in total. The lowest BCUT2D eigenvalue weighted by Crippen LogP contribution is -2.48. The molecule has 0 bridgehead atoms. The van der Waals surface area contributed by atoms with Gasteiger partial charge in [-0.25, -0.2) is 4.99 Å². The van der Waals surface area contributed by atoms with Crippen LogP contribution in [0.4, 0.5) is 0 Å². The van der Waals surface area contributed by atoms with Crippen LogP contribution in [0.1, 0.15) is 0 Å². The smallest absolute Gasteiger partial charge is 0.247 e. The molecule has 0 spiro atoms. The number of nitrogens with zero attached hydrogens (tertiary/aromatic N) is 2. The van der Waals surface area contributed by atoms with Gasteiger partial charge >= 0.3 is 0 Å². The van der Waals surface area contributed by atoms with Crippen LogP contribution in [0.25, 0.3) is 0 Å². The molecule has 0 aromatic heterocycles. The number of hydrogen-bond donors (Lipinski definition) is 3. The third kappa shape index (κ3) is 1.07. The Morgan fingerprint density at radius 1 is 1.58 bits per heavy atom. The van der Waals surface area contributed by atoms with Crippen LogP contribution in [0.3, 0.4) is 0 Å². The van der Waals surface area contributed by atoms with Gasteiger partial charge in [0.2, 0.25) is 11.9 Å². The second-order valence-electron chi connectivity index (χ2n) is 2.38. The summed E-state index contributed by atoms with van der Waals surface area (Å²) in [5.74, 6) is 0.317. The summed E-state index contributed by atoms with van der Waals surface area (Å²) in [6, 6.07) is 0. The summed E-state index contributed by atoms with van der Waals surface area (Å²) in [5, 5.41) is 2.02. The lowest BCUT2D eigenvalue weighted by molar-refractivity contribution is -0.118. The Kier molecular flexibility index (Phi) is 1.55. The molecule has 64 valence electrons. The van der Waals surface area contributed by atoms with Gasteiger partial charge in [0.1, 0.15) is 10.7 Å². The molecule has 0 aromatic carbocycles. The SMILES string of the molecule is NC1=NC2=NC(N)SC2C(=O)N1. The normalized spacial score (nSPS) is 33.6. The number of hydrogen-bond acceptors (Lipinski definition) is 6. The minimum absolute atomic E-state index is 0.0877. The van der Waals surface area contributed by atoms with E-state index in [0.29, 0.717) is 5.84 Å². The van der Waals surface area contributed by atoms with Crippen molar-refractivity contribution in [3.63, 3.8) is 0 Å². The molecule has 1 amide bonds. The summed E-state index contributed by atoms with van der Waals surface area (Å²) in [5.41, 5.74) is 10.4. The van der Waals surface area contributed by atoms with E-state index < -0.39 is 5.50 Å². The molecular weight excluding hydrogens is 178 g/mol. The fourth-order valence-corrected chi connectivity index (χ4v) is 1.90. The number of amidine groups is 1. The highest BCUT2D eigenvalue weighted by Crippen LogP contribution is 2.26. The van der Waals surface area contributed by atoms with E-state index in [9.17, 15) is 4.79 Å². The molecule has 2 aliphatic rings. The van der Waals surface area contributed by atoms with E-state index >= 15 is 0 Å². The first kappa shape index (κ1) is 7.56. The zero-order valence-electron chi connectivity index (χ0n) is 6.02. The van der Waals surface area contributed by atoms with Crippen LogP contribution in [0.15, 0.2) is 9.98 Å². The number of aliphatic imine (C=N–C) groups is 2. The Balaban J connectivity index is 2.35. The lowest BCUT2D eigenvalue weighted by atomic mass is 10.3. The van der Waals surface area contributed by atoms with Gasteiger partial charge in [0.05, 0.1) is 0 Å². The van der Waals surface area contributed by atoms with Gasteiger partial charge in [0.15, 0.2) is 5.84 Å². The van der Waals surface area contributed by atoms with Crippen LogP contribution < -0.4 is 16.8 Å². The second-order valence-corrected chi connectivity index (χ2v) is 3.61. The zero-order chi connectivity index (χ0) is 8.72. The molecule has 7 heteroatoms. The summed E-state index contributed by atoms with van der Waals surface area (Å²) in [6.45, 7) is 0. The van der Waals surface area contributed by atoms with Gasteiger partial charge in [-0.15, -0.1) is 0 Å². The quantitative estimate of drug-likeness (QED) is 0.413. The minimum atomic E-state index is -0.398. The molecule has 6 nitrogen and oxygen atoms in total. The van der Waals surface area contributed by atoms with Crippen LogP contribution >= 0.6 is 11.8 Å². The molecule has 2 atom stereocenters. The van der Waals surface area contributed by atoms with Crippen LogP contribution in [0.5, 0.6) is 0 Å². The molecular formula is C5H7N5OS. The Morgan fingerprint density at radius 3 is 3.08 bits per heavy atom. The van der Waals surface area contributed by atoms with E-state index in [1.54, 1.807) is 0 Å². The van der Waals surface area contributed by atoms with E-state index in [4.69, 9.17) is 11.5 Å². The highest BCUT2D eigenvalue weighted by Gasteiger charge is 2.36. The number of fused-ring (bicyclic) bond motifs is 1. The Bertz CT molecular complexity index is 298. The van der Waals surface area contributed by atoms with Gasteiger partial charge in [0.25, 0.3) is 0 Å². The summed E-state index contributed by atoms with van der Waals surface area (Å²) < 4.78 is 0. The number of guanidine groups is 1. The predicted octanol–water partition coefficient (Wildman–Crippen LogP) is -1.81. The van der Waals surface area contributed by atoms with Gasteiger partial charge in [0, 0.05) is 0 Å². The molecule has 2 aliphatic heterocycles. The van der Waals surface area contributed by atoms with Crippen LogP contribution in [0.2, 0.25) is 0 Å². The molecule has 2 heterocycles. The Labute approximate surface area is 72.5 Å². The standard InChI is InChI=1S/C5H7N5OS/c6-4-8-2-1(3(11)10-4)12-5(7)9-2/h1,5H,7H2,(H3,6,8,9,10,11). The van der Waals surface area contributed by atoms with Crippen molar-refractivity contribution in [1.29, 1.82) is 0 Å². The average molecular weight is 185 g/mol. The molecule has 2 unspecified atom stereocenters. The van der Waals surface area contributed by atoms with Crippen molar-refractivity contribution >= 4 is 29.5 Å².